The van der Waals surface area contributed by atoms with E-state index in [1.165, 1.54) is 45.6 Å². The molecule has 0 atom stereocenters. The SMILES string of the molecule is Cn1c(=O)oc2ccc(CNC(=O)c3cc(C(=O)NCc4ccccc4OC(F)(F)F)n4nccc4n3)cc21. The molecule has 5 rings (SSSR count). The van der Waals surface area contributed by atoms with Crippen molar-refractivity contribution in [3.8, 4) is 5.75 Å². The number of carbonyl (C=O) groups is 2. The van der Waals surface area contributed by atoms with Gasteiger partial charge < -0.3 is 19.8 Å². The van der Waals surface area contributed by atoms with Crippen LogP contribution < -0.4 is 21.1 Å². The van der Waals surface area contributed by atoms with Crippen LogP contribution in [0.3, 0.4) is 0 Å². The van der Waals surface area contributed by atoms with E-state index in [1.54, 1.807) is 25.2 Å². The van der Waals surface area contributed by atoms with E-state index in [0.29, 0.717) is 16.7 Å². The summed E-state index contributed by atoms with van der Waals surface area (Å²) in [5.41, 5.74) is 1.84. The third kappa shape index (κ3) is 5.44. The van der Waals surface area contributed by atoms with Crippen molar-refractivity contribution < 1.29 is 31.9 Å². The van der Waals surface area contributed by atoms with Gasteiger partial charge >= 0.3 is 12.1 Å². The highest BCUT2D eigenvalue weighted by Gasteiger charge is 2.32. The third-order valence-electron chi connectivity index (χ3n) is 5.77. The number of aryl methyl sites for hydroxylation is 1. The van der Waals surface area contributed by atoms with E-state index in [2.05, 4.69) is 25.5 Å². The Morgan fingerprint density at radius 1 is 1.03 bits per heavy atom. The number of nitrogens with one attached hydrogen (secondary N) is 2. The Kier molecular flexibility index (Phi) is 6.52. The van der Waals surface area contributed by atoms with E-state index in [0.717, 1.165) is 6.07 Å². The van der Waals surface area contributed by atoms with Gasteiger partial charge in [-0.05, 0) is 23.8 Å². The van der Waals surface area contributed by atoms with Gasteiger partial charge in [0.25, 0.3) is 11.8 Å². The Morgan fingerprint density at radius 2 is 1.79 bits per heavy atom. The second-order valence-corrected chi connectivity index (χ2v) is 8.38. The number of hydrogen-bond acceptors (Lipinski definition) is 7. The summed E-state index contributed by atoms with van der Waals surface area (Å²) in [6, 6.07) is 13.1. The van der Waals surface area contributed by atoms with Crippen LogP contribution >= 0.6 is 0 Å². The fourth-order valence-corrected chi connectivity index (χ4v) is 3.89. The largest absolute Gasteiger partial charge is 0.573 e. The molecule has 0 saturated heterocycles. The van der Waals surface area contributed by atoms with Gasteiger partial charge in [0, 0.05) is 37.8 Å². The lowest BCUT2D eigenvalue weighted by Crippen LogP contribution is -2.29. The topological polar surface area (TPSA) is 133 Å². The van der Waals surface area contributed by atoms with Crippen molar-refractivity contribution in [3.05, 3.63) is 93.9 Å². The molecule has 2 N–H and O–H groups in total. The first kappa shape index (κ1) is 25.5. The Labute approximate surface area is 216 Å². The van der Waals surface area contributed by atoms with E-state index in [9.17, 15) is 27.6 Å². The van der Waals surface area contributed by atoms with Gasteiger partial charge in [-0.3, -0.25) is 14.2 Å². The van der Waals surface area contributed by atoms with Crippen LogP contribution in [0.25, 0.3) is 16.7 Å². The monoisotopic (exact) mass is 540 g/mol. The molecule has 3 heterocycles. The first-order chi connectivity index (χ1) is 18.6. The van der Waals surface area contributed by atoms with Gasteiger partial charge in [-0.15, -0.1) is 13.2 Å². The van der Waals surface area contributed by atoms with Crippen molar-refractivity contribution in [1.82, 2.24) is 29.8 Å². The van der Waals surface area contributed by atoms with Crippen molar-refractivity contribution in [2.24, 2.45) is 7.05 Å². The van der Waals surface area contributed by atoms with Gasteiger partial charge in [-0.25, -0.2) is 14.3 Å². The van der Waals surface area contributed by atoms with E-state index in [1.807, 2.05) is 0 Å². The summed E-state index contributed by atoms with van der Waals surface area (Å²) in [7, 11) is 1.57. The Balaban J connectivity index is 1.33. The van der Waals surface area contributed by atoms with Crippen LogP contribution in [0.5, 0.6) is 5.75 Å². The van der Waals surface area contributed by atoms with E-state index < -0.39 is 29.7 Å². The number of aromatic nitrogens is 4. The minimum Gasteiger partial charge on any atom is -0.408 e. The number of para-hydroxylation sites is 1. The number of halogens is 3. The molecule has 0 spiro atoms. The van der Waals surface area contributed by atoms with Gasteiger partial charge in [-0.2, -0.15) is 5.10 Å². The van der Waals surface area contributed by atoms with Crippen molar-refractivity contribution in [3.63, 3.8) is 0 Å². The molecular weight excluding hydrogens is 521 g/mol. The summed E-state index contributed by atoms with van der Waals surface area (Å²) in [6.07, 6.45) is -3.51. The molecule has 3 aromatic heterocycles. The van der Waals surface area contributed by atoms with Crippen LogP contribution in [-0.2, 0) is 20.1 Å². The summed E-state index contributed by atoms with van der Waals surface area (Å²) in [5, 5.41) is 9.29. The van der Waals surface area contributed by atoms with Crippen LogP contribution in [-0.4, -0.2) is 37.3 Å². The minimum atomic E-state index is -4.89. The molecule has 5 aromatic rings. The smallest absolute Gasteiger partial charge is 0.408 e. The fraction of sp³-hybridized carbons (Fsp3) is 0.160. The van der Waals surface area contributed by atoms with Gasteiger partial charge in [0.05, 0.1) is 11.7 Å². The van der Waals surface area contributed by atoms with Crippen molar-refractivity contribution in [2.45, 2.75) is 19.5 Å². The number of benzene rings is 2. The number of oxazole rings is 1. The molecule has 200 valence electrons. The molecule has 0 unspecified atom stereocenters. The normalized spacial score (nSPS) is 11.6. The number of rotatable bonds is 7. The minimum absolute atomic E-state index is 0.0563. The highest BCUT2D eigenvalue weighted by Crippen LogP contribution is 2.26. The molecule has 2 amide bonds. The predicted molar refractivity (Wildman–Crippen MR) is 130 cm³/mol. The van der Waals surface area contributed by atoms with E-state index in [4.69, 9.17) is 4.42 Å². The number of nitrogens with zero attached hydrogens (tertiary/aromatic N) is 4. The zero-order valence-corrected chi connectivity index (χ0v) is 20.2. The zero-order chi connectivity index (χ0) is 27.7. The third-order valence-corrected chi connectivity index (χ3v) is 5.77. The quantitative estimate of drug-likeness (QED) is 0.324. The van der Waals surface area contributed by atoms with Crippen molar-refractivity contribution in [1.29, 1.82) is 0 Å². The first-order valence-corrected chi connectivity index (χ1v) is 11.4. The van der Waals surface area contributed by atoms with Crippen LogP contribution in [0, 0.1) is 0 Å². The molecular formula is C25H19F3N6O5. The van der Waals surface area contributed by atoms with Crippen LogP contribution in [0.1, 0.15) is 32.1 Å². The lowest BCUT2D eigenvalue weighted by Gasteiger charge is -2.14. The van der Waals surface area contributed by atoms with E-state index >= 15 is 0 Å². The highest BCUT2D eigenvalue weighted by atomic mass is 19.4. The van der Waals surface area contributed by atoms with Gasteiger partial charge in [-0.1, -0.05) is 24.3 Å². The molecule has 14 heteroatoms. The van der Waals surface area contributed by atoms with Crippen molar-refractivity contribution in [2.75, 3.05) is 0 Å². The number of hydrogen-bond donors (Lipinski definition) is 2. The maximum Gasteiger partial charge on any atom is 0.573 e. The number of fused-ring (bicyclic) bond motifs is 2. The Morgan fingerprint density at radius 3 is 2.59 bits per heavy atom. The summed E-state index contributed by atoms with van der Waals surface area (Å²) in [4.78, 5) is 41.9. The molecule has 0 radical (unpaired) electrons. The Bertz CT molecular complexity index is 1770. The standard InChI is InChI=1S/C25H19F3N6O5/c1-33-17-10-14(6-7-20(17)38-24(33)37)12-29-22(35)16-11-18(34-21(32-16)8-9-31-34)23(36)30-13-15-4-2-3-5-19(15)39-25(26,27)28/h2-11H,12-13H2,1H3,(H,29,35)(H,30,36). The molecule has 39 heavy (non-hydrogen) atoms. The average Bonchev–Trinajstić information content (AvgIpc) is 3.49. The Hall–Kier alpha value is -5.14. The molecule has 2 aromatic carbocycles. The maximum absolute atomic E-state index is 13.0. The lowest BCUT2D eigenvalue weighted by atomic mass is 10.2. The number of ether oxygens (including phenoxy) is 1. The molecule has 0 aliphatic heterocycles. The number of carbonyl (C=O) groups excluding carboxylic acids is 2. The van der Waals surface area contributed by atoms with Gasteiger partial charge in [0.1, 0.15) is 17.1 Å². The highest BCUT2D eigenvalue weighted by molar-refractivity contribution is 5.98. The summed E-state index contributed by atoms with van der Waals surface area (Å²) in [5.74, 6) is -2.24. The predicted octanol–water partition coefficient (Wildman–Crippen LogP) is 2.93. The molecule has 0 aliphatic carbocycles. The van der Waals surface area contributed by atoms with Crippen LogP contribution in [0.2, 0.25) is 0 Å². The van der Waals surface area contributed by atoms with E-state index in [-0.39, 0.29) is 35.7 Å². The van der Waals surface area contributed by atoms with Crippen molar-refractivity contribution >= 4 is 28.6 Å². The lowest BCUT2D eigenvalue weighted by molar-refractivity contribution is -0.274. The molecule has 0 saturated carbocycles. The molecule has 0 aliphatic rings. The molecule has 11 nitrogen and oxygen atoms in total. The summed E-state index contributed by atoms with van der Waals surface area (Å²) >= 11 is 0. The van der Waals surface area contributed by atoms with Gasteiger partial charge in [0.15, 0.2) is 11.2 Å². The molecule has 0 fully saturated rings. The summed E-state index contributed by atoms with van der Waals surface area (Å²) < 4.78 is 49.8. The second kappa shape index (κ2) is 9.96. The first-order valence-electron chi connectivity index (χ1n) is 11.4. The average molecular weight is 540 g/mol. The maximum atomic E-state index is 13.0. The van der Waals surface area contributed by atoms with Crippen LogP contribution in [0.15, 0.2) is 70.0 Å². The fourth-order valence-electron chi connectivity index (χ4n) is 3.89. The second-order valence-electron chi connectivity index (χ2n) is 8.38. The van der Waals surface area contributed by atoms with Crippen LogP contribution in [0.4, 0.5) is 13.2 Å². The van der Waals surface area contributed by atoms with Gasteiger partial charge in [0.2, 0.25) is 0 Å². The molecule has 0 bridgehead atoms. The number of amides is 2. The zero-order valence-electron chi connectivity index (χ0n) is 20.2. The summed E-state index contributed by atoms with van der Waals surface area (Å²) in [6.45, 7) is -0.186. The number of alkyl halides is 3.